The van der Waals surface area contributed by atoms with Crippen LogP contribution in [0.25, 0.3) is 0 Å². The van der Waals surface area contributed by atoms with Gasteiger partial charge in [0.15, 0.2) is 0 Å². The molecule has 0 saturated carbocycles. The Kier molecular flexibility index (Phi) is 5.87. The van der Waals surface area contributed by atoms with Crippen LogP contribution in [0.15, 0.2) is 42.5 Å². The molecule has 0 aliphatic carbocycles. The van der Waals surface area contributed by atoms with Crippen LogP contribution in [0, 0.1) is 10.1 Å². The number of amides is 2. The number of rotatable bonds is 6. The first kappa shape index (κ1) is 20.0. The number of para-hydroxylation sites is 2. The van der Waals surface area contributed by atoms with Crippen molar-refractivity contribution in [1.29, 1.82) is 0 Å². The van der Waals surface area contributed by atoms with Gasteiger partial charge in [0, 0.05) is 30.7 Å². The topological polar surface area (TPSA) is 119 Å². The Morgan fingerprint density at radius 3 is 2.59 bits per heavy atom. The van der Waals surface area contributed by atoms with Crippen LogP contribution in [0.5, 0.6) is 0 Å². The van der Waals surface area contributed by atoms with Crippen molar-refractivity contribution in [2.24, 2.45) is 0 Å². The maximum atomic E-state index is 12.8. The molecular weight excluding hydrogens is 378 g/mol. The second-order valence-corrected chi connectivity index (χ2v) is 6.37. The molecule has 150 valence electrons. The molecule has 0 unspecified atom stereocenters. The van der Waals surface area contributed by atoms with Gasteiger partial charge in [-0.25, -0.2) is 4.79 Å². The number of ether oxygens (including phenoxy) is 1. The second-order valence-electron chi connectivity index (χ2n) is 6.37. The van der Waals surface area contributed by atoms with Gasteiger partial charge in [-0.2, -0.15) is 0 Å². The molecule has 1 fully saturated rings. The number of nitrogens with zero attached hydrogens (tertiary/aromatic N) is 2. The lowest BCUT2D eigenvalue weighted by molar-refractivity contribution is -0.384. The highest BCUT2D eigenvalue weighted by Gasteiger charge is 2.25. The minimum absolute atomic E-state index is 0.0355. The average molecular weight is 397 g/mol. The highest BCUT2D eigenvalue weighted by Crippen LogP contribution is 2.30. The van der Waals surface area contributed by atoms with Crippen LogP contribution in [0.4, 0.5) is 17.1 Å². The first-order valence-electron chi connectivity index (χ1n) is 9.08. The number of hydrogen-bond donors (Lipinski definition) is 1. The molecule has 9 heteroatoms. The van der Waals surface area contributed by atoms with E-state index in [0.29, 0.717) is 24.3 Å². The fraction of sp³-hybridized carbons (Fsp3) is 0.250. The number of hydrogen-bond acceptors (Lipinski definition) is 6. The number of benzene rings is 2. The van der Waals surface area contributed by atoms with Gasteiger partial charge in [-0.15, -0.1) is 0 Å². The number of non-ortho nitro benzene ring substituents is 1. The zero-order valence-electron chi connectivity index (χ0n) is 15.7. The molecular formula is C20H19N3O6. The quantitative estimate of drug-likeness (QED) is 0.454. The summed E-state index contributed by atoms with van der Waals surface area (Å²) in [6.45, 7) is 2.26. The summed E-state index contributed by atoms with van der Waals surface area (Å²) in [7, 11) is 0. The van der Waals surface area contributed by atoms with Crippen LogP contribution in [0.3, 0.4) is 0 Å². The van der Waals surface area contributed by atoms with Gasteiger partial charge < -0.3 is 15.0 Å². The van der Waals surface area contributed by atoms with Crippen molar-refractivity contribution in [2.45, 2.75) is 19.8 Å². The third-order valence-electron chi connectivity index (χ3n) is 4.42. The Labute approximate surface area is 166 Å². The number of nitro groups is 1. The summed E-state index contributed by atoms with van der Waals surface area (Å²) in [5.41, 5.74) is 0.402. The Balaban J connectivity index is 1.92. The number of nitrogens with one attached hydrogen (secondary N) is 1. The SMILES string of the molecule is CCOC(=O)c1cc(C(=O)Nc2ccccc2N2CCCC2=O)cc([N+](=O)[O-])c1. The van der Waals surface area contributed by atoms with Crippen LogP contribution >= 0.6 is 0 Å². The molecule has 29 heavy (non-hydrogen) atoms. The van der Waals surface area contributed by atoms with Gasteiger partial charge in [-0.05, 0) is 31.5 Å². The highest BCUT2D eigenvalue weighted by atomic mass is 16.6. The first-order valence-corrected chi connectivity index (χ1v) is 9.08. The molecule has 2 aromatic carbocycles. The molecule has 0 atom stereocenters. The van der Waals surface area contributed by atoms with E-state index in [1.165, 1.54) is 6.07 Å². The summed E-state index contributed by atoms with van der Waals surface area (Å²) in [4.78, 5) is 49.0. The normalized spacial score (nSPS) is 13.3. The van der Waals surface area contributed by atoms with Crippen LogP contribution in [-0.4, -0.2) is 35.9 Å². The average Bonchev–Trinajstić information content (AvgIpc) is 3.14. The van der Waals surface area contributed by atoms with E-state index in [0.717, 1.165) is 18.6 Å². The third kappa shape index (κ3) is 4.40. The minimum Gasteiger partial charge on any atom is -0.462 e. The van der Waals surface area contributed by atoms with Gasteiger partial charge >= 0.3 is 5.97 Å². The van der Waals surface area contributed by atoms with Gasteiger partial charge in [-0.1, -0.05) is 12.1 Å². The van der Waals surface area contributed by atoms with Crippen molar-refractivity contribution < 1.29 is 24.0 Å². The zero-order chi connectivity index (χ0) is 21.0. The molecule has 0 radical (unpaired) electrons. The van der Waals surface area contributed by atoms with Crippen molar-refractivity contribution in [2.75, 3.05) is 23.4 Å². The molecule has 0 spiro atoms. The van der Waals surface area contributed by atoms with Crippen molar-refractivity contribution >= 4 is 34.8 Å². The van der Waals surface area contributed by atoms with Crippen molar-refractivity contribution in [3.63, 3.8) is 0 Å². The van der Waals surface area contributed by atoms with Crippen LogP contribution in [-0.2, 0) is 9.53 Å². The number of anilines is 2. The van der Waals surface area contributed by atoms with Crippen LogP contribution in [0.2, 0.25) is 0 Å². The summed E-state index contributed by atoms with van der Waals surface area (Å²) in [5.74, 6) is -1.43. The van der Waals surface area contributed by atoms with E-state index in [9.17, 15) is 24.5 Å². The molecule has 2 aromatic rings. The molecule has 1 aliphatic heterocycles. The van der Waals surface area contributed by atoms with Gasteiger partial charge in [-0.3, -0.25) is 19.7 Å². The summed E-state index contributed by atoms with van der Waals surface area (Å²) < 4.78 is 4.88. The summed E-state index contributed by atoms with van der Waals surface area (Å²) >= 11 is 0. The van der Waals surface area contributed by atoms with E-state index in [1.807, 2.05) is 0 Å². The lowest BCUT2D eigenvalue weighted by atomic mass is 10.1. The molecule has 0 aromatic heterocycles. The maximum Gasteiger partial charge on any atom is 0.338 e. The summed E-state index contributed by atoms with van der Waals surface area (Å²) in [5, 5.41) is 13.9. The van der Waals surface area contributed by atoms with Crippen LogP contribution < -0.4 is 10.2 Å². The highest BCUT2D eigenvalue weighted by molar-refractivity contribution is 6.09. The van der Waals surface area contributed by atoms with Crippen molar-refractivity contribution in [3.8, 4) is 0 Å². The van der Waals surface area contributed by atoms with E-state index in [2.05, 4.69) is 5.32 Å². The van der Waals surface area contributed by atoms with E-state index in [4.69, 9.17) is 4.74 Å². The third-order valence-corrected chi connectivity index (χ3v) is 4.42. The van der Waals surface area contributed by atoms with Crippen molar-refractivity contribution in [3.05, 3.63) is 63.7 Å². The molecule has 2 amide bonds. The molecule has 0 bridgehead atoms. The van der Waals surface area contributed by atoms with Crippen molar-refractivity contribution in [1.82, 2.24) is 0 Å². The van der Waals surface area contributed by atoms with Gasteiger partial charge in [0.05, 0.1) is 28.5 Å². The first-order chi connectivity index (χ1) is 13.9. The lowest BCUT2D eigenvalue weighted by Crippen LogP contribution is -2.25. The fourth-order valence-corrected chi connectivity index (χ4v) is 3.09. The van der Waals surface area contributed by atoms with E-state index < -0.39 is 22.5 Å². The Bertz CT molecular complexity index is 988. The second kappa shape index (κ2) is 8.51. The van der Waals surface area contributed by atoms with Crippen LogP contribution in [0.1, 0.15) is 40.5 Å². The maximum absolute atomic E-state index is 12.8. The van der Waals surface area contributed by atoms with Gasteiger partial charge in [0.2, 0.25) is 5.91 Å². The smallest absolute Gasteiger partial charge is 0.338 e. The fourth-order valence-electron chi connectivity index (χ4n) is 3.09. The molecule has 1 aliphatic rings. The Hall–Kier alpha value is -3.75. The standard InChI is InChI=1S/C20H19N3O6/c1-2-29-20(26)14-10-13(11-15(12-14)23(27)28)19(25)21-16-6-3-4-7-17(16)22-9-5-8-18(22)24/h3-4,6-7,10-12H,2,5,8-9H2,1H3,(H,21,25). The molecule has 1 saturated heterocycles. The zero-order valence-corrected chi connectivity index (χ0v) is 15.7. The largest absolute Gasteiger partial charge is 0.462 e. The predicted molar refractivity (Wildman–Crippen MR) is 105 cm³/mol. The van der Waals surface area contributed by atoms with E-state index >= 15 is 0 Å². The number of carbonyl (C=O) groups is 3. The number of nitro benzene ring substituents is 1. The minimum atomic E-state index is -0.756. The van der Waals surface area contributed by atoms with E-state index in [-0.39, 0.29) is 23.6 Å². The Morgan fingerprint density at radius 2 is 1.93 bits per heavy atom. The van der Waals surface area contributed by atoms with Gasteiger partial charge in [0.25, 0.3) is 11.6 Å². The number of esters is 1. The monoisotopic (exact) mass is 397 g/mol. The molecule has 3 rings (SSSR count). The molecule has 1 heterocycles. The van der Waals surface area contributed by atoms with E-state index in [1.54, 1.807) is 36.1 Å². The molecule has 1 N–H and O–H groups in total. The van der Waals surface area contributed by atoms with Gasteiger partial charge in [0.1, 0.15) is 0 Å². The number of carbonyl (C=O) groups excluding carboxylic acids is 3. The lowest BCUT2D eigenvalue weighted by Gasteiger charge is -2.20. The Morgan fingerprint density at radius 1 is 1.21 bits per heavy atom. The summed E-state index contributed by atoms with van der Waals surface area (Å²) in [6.07, 6.45) is 1.17. The predicted octanol–water partition coefficient (Wildman–Crippen LogP) is 3.15. The summed E-state index contributed by atoms with van der Waals surface area (Å²) in [6, 6.07) is 10.2. The molecule has 9 nitrogen and oxygen atoms in total.